The maximum Gasteiger partial charge on any atom is 0.319 e. The maximum absolute atomic E-state index is 11.8. The predicted octanol–water partition coefficient (Wildman–Crippen LogP) is 4.42. The average Bonchev–Trinajstić information content (AvgIpc) is 2.40. The molecule has 0 spiro atoms. The monoisotopic (exact) mass is 338 g/mol. The Morgan fingerprint density at radius 2 is 1.79 bits per heavy atom. The molecule has 2 aromatic carbocycles. The highest BCUT2D eigenvalue weighted by molar-refractivity contribution is 9.10. The zero-order chi connectivity index (χ0) is 13.7. The van der Waals surface area contributed by atoms with Crippen LogP contribution in [0.25, 0.3) is 0 Å². The molecule has 19 heavy (non-hydrogen) atoms. The number of hydrogen-bond donors (Lipinski definition) is 2. The van der Waals surface area contributed by atoms with Gasteiger partial charge in [-0.05, 0) is 39.7 Å². The van der Waals surface area contributed by atoms with E-state index in [1.807, 2.05) is 42.5 Å². The molecule has 0 heterocycles. The minimum Gasteiger partial charge on any atom is -0.334 e. The minimum absolute atomic E-state index is 0.271. The molecule has 2 N–H and O–H groups in total. The summed E-state index contributed by atoms with van der Waals surface area (Å²) in [6.07, 6.45) is 0. The fourth-order valence-electron chi connectivity index (χ4n) is 1.55. The van der Waals surface area contributed by atoms with E-state index in [0.29, 0.717) is 11.6 Å². The average molecular weight is 340 g/mol. The molecule has 0 aromatic heterocycles. The number of hydrogen-bond acceptors (Lipinski definition) is 1. The van der Waals surface area contributed by atoms with Crippen LogP contribution in [-0.2, 0) is 6.54 Å². The first-order chi connectivity index (χ1) is 9.16. The molecule has 2 aromatic rings. The molecule has 0 unspecified atom stereocenters. The van der Waals surface area contributed by atoms with Crippen molar-refractivity contribution in [3.8, 4) is 0 Å². The van der Waals surface area contributed by atoms with Gasteiger partial charge in [-0.25, -0.2) is 4.79 Å². The summed E-state index contributed by atoms with van der Waals surface area (Å²) in [6, 6.07) is 14.6. The van der Waals surface area contributed by atoms with Crippen molar-refractivity contribution >= 4 is 39.2 Å². The van der Waals surface area contributed by atoms with Crippen LogP contribution in [0.5, 0.6) is 0 Å². The Labute approximate surface area is 125 Å². The Kier molecular flexibility index (Phi) is 4.82. The van der Waals surface area contributed by atoms with Gasteiger partial charge in [-0.1, -0.05) is 41.9 Å². The first kappa shape index (κ1) is 13.9. The Bertz CT molecular complexity index is 589. The van der Waals surface area contributed by atoms with Gasteiger partial charge in [0.15, 0.2) is 0 Å². The summed E-state index contributed by atoms with van der Waals surface area (Å²) < 4.78 is 0.836. The molecule has 0 saturated carbocycles. The summed E-state index contributed by atoms with van der Waals surface area (Å²) in [6.45, 7) is 0.385. The molecule has 0 aliphatic heterocycles. The van der Waals surface area contributed by atoms with E-state index in [4.69, 9.17) is 11.6 Å². The van der Waals surface area contributed by atoms with Gasteiger partial charge in [-0.15, -0.1) is 0 Å². The van der Waals surface area contributed by atoms with Crippen molar-refractivity contribution < 1.29 is 4.79 Å². The van der Waals surface area contributed by atoms with E-state index in [9.17, 15) is 4.79 Å². The second-order valence-electron chi connectivity index (χ2n) is 3.88. The van der Waals surface area contributed by atoms with Gasteiger partial charge >= 0.3 is 6.03 Å². The van der Waals surface area contributed by atoms with Crippen LogP contribution in [-0.4, -0.2) is 6.03 Å². The molecule has 0 aliphatic carbocycles. The summed E-state index contributed by atoms with van der Waals surface area (Å²) >= 11 is 9.38. The summed E-state index contributed by atoms with van der Waals surface area (Å²) in [5.74, 6) is 0. The first-order valence-corrected chi connectivity index (χ1v) is 6.86. The molecule has 5 heteroatoms. The Morgan fingerprint density at radius 3 is 2.53 bits per heavy atom. The van der Waals surface area contributed by atoms with E-state index in [1.54, 1.807) is 6.07 Å². The number of urea groups is 1. The molecule has 0 fully saturated rings. The van der Waals surface area contributed by atoms with Crippen LogP contribution in [0, 0.1) is 0 Å². The molecule has 98 valence electrons. The number of rotatable bonds is 3. The van der Waals surface area contributed by atoms with Crippen LogP contribution in [0.2, 0.25) is 5.02 Å². The molecule has 2 amide bonds. The second-order valence-corrected chi connectivity index (χ2v) is 5.14. The zero-order valence-electron chi connectivity index (χ0n) is 9.99. The quantitative estimate of drug-likeness (QED) is 0.853. The number of amides is 2. The third-order valence-corrected chi connectivity index (χ3v) is 3.58. The maximum atomic E-state index is 11.8. The van der Waals surface area contributed by atoms with Crippen molar-refractivity contribution in [3.05, 3.63) is 63.6 Å². The van der Waals surface area contributed by atoms with Gasteiger partial charge in [-0.3, -0.25) is 0 Å². The number of nitrogens with one attached hydrogen (secondary N) is 2. The van der Waals surface area contributed by atoms with E-state index < -0.39 is 0 Å². The molecule has 0 bridgehead atoms. The first-order valence-electron chi connectivity index (χ1n) is 5.69. The summed E-state index contributed by atoms with van der Waals surface area (Å²) in [5, 5.41) is 6.16. The largest absolute Gasteiger partial charge is 0.334 e. The van der Waals surface area contributed by atoms with Gasteiger partial charge < -0.3 is 10.6 Å². The lowest BCUT2D eigenvalue weighted by Crippen LogP contribution is -2.28. The van der Waals surface area contributed by atoms with Crippen LogP contribution in [0.15, 0.2) is 53.0 Å². The number of benzene rings is 2. The highest BCUT2D eigenvalue weighted by Crippen LogP contribution is 2.21. The highest BCUT2D eigenvalue weighted by Gasteiger charge is 2.05. The smallest absolute Gasteiger partial charge is 0.319 e. The van der Waals surface area contributed by atoms with Crippen LogP contribution in [0.4, 0.5) is 10.5 Å². The number of anilines is 1. The summed E-state index contributed by atoms with van der Waals surface area (Å²) in [7, 11) is 0. The van der Waals surface area contributed by atoms with E-state index in [2.05, 4.69) is 26.6 Å². The van der Waals surface area contributed by atoms with Gasteiger partial charge in [0, 0.05) is 16.0 Å². The normalized spacial score (nSPS) is 10.0. The van der Waals surface area contributed by atoms with Gasteiger partial charge in [0.1, 0.15) is 0 Å². The van der Waals surface area contributed by atoms with Crippen LogP contribution in [0.3, 0.4) is 0 Å². The third kappa shape index (κ3) is 3.98. The van der Waals surface area contributed by atoms with Crippen molar-refractivity contribution in [2.24, 2.45) is 0 Å². The van der Waals surface area contributed by atoms with E-state index in [0.717, 1.165) is 15.7 Å². The number of para-hydroxylation sites is 1. The fourth-order valence-corrected chi connectivity index (χ4v) is 2.13. The van der Waals surface area contributed by atoms with Crippen molar-refractivity contribution in [3.63, 3.8) is 0 Å². The summed E-state index contributed by atoms with van der Waals surface area (Å²) in [4.78, 5) is 11.8. The van der Waals surface area contributed by atoms with Gasteiger partial charge in [-0.2, -0.15) is 0 Å². The van der Waals surface area contributed by atoms with Crippen molar-refractivity contribution in [2.45, 2.75) is 6.54 Å². The topological polar surface area (TPSA) is 41.1 Å². The van der Waals surface area contributed by atoms with Gasteiger partial charge in [0.05, 0.1) is 5.69 Å². The van der Waals surface area contributed by atoms with E-state index in [-0.39, 0.29) is 6.03 Å². The van der Waals surface area contributed by atoms with E-state index in [1.165, 1.54) is 0 Å². The van der Waals surface area contributed by atoms with Crippen molar-refractivity contribution in [1.82, 2.24) is 5.32 Å². The van der Waals surface area contributed by atoms with Crippen molar-refractivity contribution in [2.75, 3.05) is 5.32 Å². The van der Waals surface area contributed by atoms with Crippen LogP contribution >= 0.6 is 27.5 Å². The lowest BCUT2D eigenvalue weighted by Gasteiger charge is -2.09. The predicted molar refractivity (Wildman–Crippen MR) is 81.5 cm³/mol. The molecule has 2 rings (SSSR count). The van der Waals surface area contributed by atoms with E-state index >= 15 is 0 Å². The molecule has 0 aliphatic rings. The molecule has 0 atom stereocenters. The zero-order valence-corrected chi connectivity index (χ0v) is 12.3. The van der Waals surface area contributed by atoms with Gasteiger partial charge in [0.2, 0.25) is 0 Å². The molecule has 0 saturated heterocycles. The Balaban J connectivity index is 1.92. The molecule has 3 nitrogen and oxygen atoms in total. The van der Waals surface area contributed by atoms with Crippen LogP contribution < -0.4 is 10.6 Å². The minimum atomic E-state index is -0.271. The number of carbonyl (C=O) groups excluding carboxylic acids is 1. The molecule has 0 radical (unpaired) electrons. The lowest BCUT2D eigenvalue weighted by atomic mass is 10.2. The standard InChI is InChI=1S/C14H12BrClN2O/c15-11-6-2-4-8-13(11)18-14(19)17-9-10-5-1-3-7-12(10)16/h1-8H,9H2,(H2,17,18,19). The van der Waals surface area contributed by atoms with Crippen LogP contribution in [0.1, 0.15) is 5.56 Å². The number of halogens is 2. The fraction of sp³-hybridized carbons (Fsp3) is 0.0714. The third-order valence-electron chi connectivity index (χ3n) is 2.52. The number of carbonyl (C=O) groups is 1. The molecular formula is C14H12BrClN2O. The van der Waals surface area contributed by atoms with Gasteiger partial charge in [0.25, 0.3) is 0 Å². The highest BCUT2D eigenvalue weighted by atomic mass is 79.9. The SMILES string of the molecule is O=C(NCc1ccccc1Cl)Nc1ccccc1Br. The van der Waals surface area contributed by atoms with Crippen molar-refractivity contribution in [1.29, 1.82) is 0 Å². The Hall–Kier alpha value is -1.52. The summed E-state index contributed by atoms with van der Waals surface area (Å²) in [5.41, 5.74) is 1.60. The molecular weight excluding hydrogens is 328 g/mol. The second kappa shape index (κ2) is 6.59. The lowest BCUT2D eigenvalue weighted by molar-refractivity contribution is 0.251. The Morgan fingerprint density at radius 1 is 1.11 bits per heavy atom.